The minimum atomic E-state index is -0.126. The van der Waals surface area contributed by atoms with Crippen molar-refractivity contribution in [3.05, 3.63) is 23.9 Å². The van der Waals surface area contributed by atoms with Crippen molar-refractivity contribution in [3.8, 4) is 5.88 Å². The van der Waals surface area contributed by atoms with Gasteiger partial charge in [0, 0.05) is 18.9 Å². The highest BCUT2D eigenvalue weighted by Crippen LogP contribution is 2.16. The van der Waals surface area contributed by atoms with Gasteiger partial charge in [0.25, 0.3) is 0 Å². The van der Waals surface area contributed by atoms with E-state index in [0.717, 1.165) is 0 Å². The highest BCUT2D eigenvalue weighted by Gasteiger charge is 2.28. The zero-order valence-electron chi connectivity index (χ0n) is 9.68. The monoisotopic (exact) mass is 234 g/mol. The van der Waals surface area contributed by atoms with Gasteiger partial charge in [0.05, 0.1) is 18.8 Å². The van der Waals surface area contributed by atoms with Crippen LogP contribution in [0.2, 0.25) is 0 Å². The molecule has 90 valence electrons. The number of imide groups is 1. The number of likely N-dealkylation sites (tertiary alicyclic amines) is 1. The molecule has 0 atom stereocenters. The van der Waals surface area contributed by atoms with Gasteiger partial charge in [-0.05, 0) is 13.0 Å². The molecule has 1 aliphatic rings. The number of carbonyl (C=O) groups is 2. The maximum Gasteiger partial charge on any atom is 0.230 e. The predicted molar refractivity (Wildman–Crippen MR) is 60.2 cm³/mol. The van der Waals surface area contributed by atoms with E-state index in [1.807, 2.05) is 6.92 Å². The van der Waals surface area contributed by atoms with Gasteiger partial charge in [-0.3, -0.25) is 14.5 Å². The van der Waals surface area contributed by atoms with E-state index in [4.69, 9.17) is 4.74 Å². The summed E-state index contributed by atoms with van der Waals surface area (Å²) in [5.41, 5.74) is 0.666. The van der Waals surface area contributed by atoms with Crippen LogP contribution in [0.5, 0.6) is 5.88 Å². The Labute approximate surface area is 99.4 Å². The second kappa shape index (κ2) is 4.95. The molecule has 1 aliphatic heterocycles. The standard InChI is InChI=1S/C12H14N2O3/c1-2-17-10-5-3-4-9(13-10)8-14-11(15)6-7-12(14)16/h3-5H,2,6-8H2,1H3. The topological polar surface area (TPSA) is 59.5 Å². The van der Waals surface area contributed by atoms with Crippen LogP contribution in [-0.4, -0.2) is 28.3 Å². The lowest BCUT2D eigenvalue weighted by Crippen LogP contribution is -2.28. The summed E-state index contributed by atoms with van der Waals surface area (Å²) >= 11 is 0. The Morgan fingerprint density at radius 3 is 2.65 bits per heavy atom. The van der Waals surface area contributed by atoms with Crippen molar-refractivity contribution in [1.82, 2.24) is 9.88 Å². The quantitative estimate of drug-likeness (QED) is 0.733. The summed E-state index contributed by atoms with van der Waals surface area (Å²) in [7, 11) is 0. The van der Waals surface area contributed by atoms with Crippen molar-refractivity contribution in [3.63, 3.8) is 0 Å². The third-order valence-electron chi connectivity index (χ3n) is 2.55. The maximum absolute atomic E-state index is 11.4. The molecule has 0 radical (unpaired) electrons. The van der Waals surface area contributed by atoms with Crippen LogP contribution < -0.4 is 4.74 Å². The Morgan fingerprint density at radius 1 is 1.29 bits per heavy atom. The van der Waals surface area contributed by atoms with Gasteiger partial charge in [0.15, 0.2) is 0 Å². The van der Waals surface area contributed by atoms with E-state index < -0.39 is 0 Å². The number of aromatic nitrogens is 1. The first-order valence-electron chi connectivity index (χ1n) is 5.62. The van der Waals surface area contributed by atoms with E-state index in [1.54, 1.807) is 18.2 Å². The molecule has 1 aromatic heterocycles. The summed E-state index contributed by atoms with van der Waals surface area (Å²) in [6, 6.07) is 5.33. The Kier molecular flexibility index (Phi) is 3.37. The first-order valence-corrected chi connectivity index (χ1v) is 5.62. The van der Waals surface area contributed by atoms with E-state index in [-0.39, 0.29) is 18.4 Å². The molecule has 2 heterocycles. The molecule has 1 fully saturated rings. The Bertz CT molecular complexity index is 429. The van der Waals surface area contributed by atoms with E-state index in [9.17, 15) is 9.59 Å². The van der Waals surface area contributed by atoms with Gasteiger partial charge in [-0.2, -0.15) is 0 Å². The lowest BCUT2D eigenvalue weighted by molar-refractivity contribution is -0.139. The number of hydrogen-bond donors (Lipinski definition) is 0. The largest absolute Gasteiger partial charge is 0.478 e. The van der Waals surface area contributed by atoms with Gasteiger partial charge in [0.1, 0.15) is 0 Å². The van der Waals surface area contributed by atoms with Crippen LogP contribution in [0.15, 0.2) is 18.2 Å². The highest BCUT2D eigenvalue weighted by molar-refractivity contribution is 6.01. The average molecular weight is 234 g/mol. The number of hydrogen-bond acceptors (Lipinski definition) is 4. The average Bonchev–Trinajstić information content (AvgIpc) is 2.62. The van der Waals surface area contributed by atoms with Gasteiger partial charge in [-0.25, -0.2) is 4.98 Å². The molecule has 5 heteroatoms. The zero-order valence-corrected chi connectivity index (χ0v) is 9.68. The highest BCUT2D eigenvalue weighted by atomic mass is 16.5. The molecule has 17 heavy (non-hydrogen) atoms. The van der Waals surface area contributed by atoms with Crippen molar-refractivity contribution in [2.75, 3.05) is 6.61 Å². The molecule has 5 nitrogen and oxygen atoms in total. The van der Waals surface area contributed by atoms with Gasteiger partial charge < -0.3 is 4.74 Å². The molecule has 1 aromatic rings. The molecule has 1 saturated heterocycles. The minimum absolute atomic E-state index is 0.126. The second-order valence-electron chi connectivity index (χ2n) is 3.77. The summed E-state index contributed by atoms with van der Waals surface area (Å²) in [6.07, 6.45) is 0.619. The molecule has 2 amide bonds. The summed E-state index contributed by atoms with van der Waals surface area (Å²) in [5.74, 6) is 0.265. The van der Waals surface area contributed by atoms with Gasteiger partial charge in [-0.1, -0.05) is 6.07 Å². The van der Waals surface area contributed by atoms with Crippen molar-refractivity contribution < 1.29 is 14.3 Å². The summed E-state index contributed by atoms with van der Waals surface area (Å²) in [4.78, 5) is 28.4. The molecular formula is C12H14N2O3. The number of pyridine rings is 1. The fourth-order valence-corrected chi connectivity index (χ4v) is 1.74. The van der Waals surface area contributed by atoms with Gasteiger partial charge in [0.2, 0.25) is 17.7 Å². The number of rotatable bonds is 4. The van der Waals surface area contributed by atoms with E-state index in [1.165, 1.54) is 4.90 Å². The Balaban J connectivity index is 2.10. The van der Waals surface area contributed by atoms with Crippen LogP contribution in [0.25, 0.3) is 0 Å². The summed E-state index contributed by atoms with van der Waals surface area (Å²) in [5, 5.41) is 0. The summed E-state index contributed by atoms with van der Waals surface area (Å²) in [6.45, 7) is 2.65. The lowest BCUT2D eigenvalue weighted by atomic mass is 10.3. The molecule has 0 aliphatic carbocycles. The fraction of sp³-hybridized carbons (Fsp3) is 0.417. The van der Waals surface area contributed by atoms with E-state index >= 15 is 0 Å². The van der Waals surface area contributed by atoms with Crippen LogP contribution in [0.4, 0.5) is 0 Å². The van der Waals surface area contributed by atoms with Crippen LogP contribution in [-0.2, 0) is 16.1 Å². The molecule has 0 saturated carbocycles. The van der Waals surface area contributed by atoms with Crippen molar-refractivity contribution in [1.29, 1.82) is 0 Å². The number of amides is 2. The Hall–Kier alpha value is -1.91. The number of carbonyl (C=O) groups excluding carboxylic acids is 2. The van der Waals surface area contributed by atoms with Crippen LogP contribution in [0.3, 0.4) is 0 Å². The molecule has 0 N–H and O–H groups in total. The van der Waals surface area contributed by atoms with Crippen molar-refractivity contribution in [2.24, 2.45) is 0 Å². The lowest BCUT2D eigenvalue weighted by Gasteiger charge is -2.13. The van der Waals surface area contributed by atoms with E-state index in [0.29, 0.717) is 31.0 Å². The third-order valence-corrected chi connectivity index (χ3v) is 2.55. The SMILES string of the molecule is CCOc1cccc(CN2C(=O)CCC2=O)n1. The Morgan fingerprint density at radius 2 is 2.00 bits per heavy atom. The number of nitrogens with zero attached hydrogens (tertiary/aromatic N) is 2. The molecule has 0 bridgehead atoms. The molecule has 0 aromatic carbocycles. The minimum Gasteiger partial charge on any atom is -0.478 e. The normalized spacial score (nSPS) is 15.5. The van der Waals surface area contributed by atoms with E-state index in [2.05, 4.69) is 4.98 Å². The first kappa shape index (κ1) is 11.6. The predicted octanol–water partition coefficient (Wildman–Crippen LogP) is 1.13. The second-order valence-corrected chi connectivity index (χ2v) is 3.77. The fourth-order valence-electron chi connectivity index (χ4n) is 1.74. The van der Waals surface area contributed by atoms with Gasteiger partial charge in [-0.15, -0.1) is 0 Å². The molecule has 0 unspecified atom stereocenters. The molecule has 2 rings (SSSR count). The molecular weight excluding hydrogens is 220 g/mol. The van der Waals surface area contributed by atoms with Crippen molar-refractivity contribution in [2.45, 2.75) is 26.3 Å². The van der Waals surface area contributed by atoms with Crippen molar-refractivity contribution >= 4 is 11.8 Å². The maximum atomic E-state index is 11.4. The third kappa shape index (κ3) is 2.61. The van der Waals surface area contributed by atoms with Crippen LogP contribution >= 0.6 is 0 Å². The first-order chi connectivity index (χ1) is 8.20. The smallest absolute Gasteiger partial charge is 0.230 e. The van der Waals surface area contributed by atoms with Crippen LogP contribution in [0.1, 0.15) is 25.5 Å². The zero-order chi connectivity index (χ0) is 12.3. The number of ether oxygens (including phenoxy) is 1. The molecule has 0 spiro atoms. The summed E-state index contributed by atoms with van der Waals surface area (Å²) < 4.78 is 5.27. The van der Waals surface area contributed by atoms with Crippen LogP contribution in [0, 0.1) is 0 Å². The van der Waals surface area contributed by atoms with Gasteiger partial charge >= 0.3 is 0 Å².